The van der Waals surface area contributed by atoms with E-state index in [0.29, 0.717) is 6.42 Å². The van der Waals surface area contributed by atoms with Crippen LogP contribution in [0.25, 0.3) is 0 Å². The Labute approximate surface area is 125 Å². The summed E-state index contributed by atoms with van der Waals surface area (Å²) in [7, 11) is 0. The average Bonchev–Trinajstić information content (AvgIpc) is 2.94. The lowest BCUT2D eigenvalue weighted by atomic mass is 10.2. The van der Waals surface area contributed by atoms with Crippen LogP contribution in [0, 0.1) is 5.82 Å². The molecule has 0 aliphatic rings. The summed E-state index contributed by atoms with van der Waals surface area (Å²) in [4.78, 5) is 23.6. The van der Waals surface area contributed by atoms with Crippen molar-refractivity contribution in [1.82, 2.24) is 0 Å². The lowest BCUT2D eigenvalue weighted by Crippen LogP contribution is -2.13. The van der Waals surface area contributed by atoms with E-state index in [-0.39, 0.29) is 23.6 Å². The molecule has 6 heteroatoms. The van der Waals surface area contributed by atoms with Gasteiger partial charge in [-0.2, -0.15) is 0 Å². The largest absolute Gasteiger partial charge is 0.478 e. The zero-order chi connectivity index (χ0) is 15.2. The first kappa shape index (κ1) is 15.2. The van der Waals surface area contributed by atoms with Crippen LogP contribution in [-0.4, -0.2) is 17.0 Å². The van der Waals surface area contributed by atoms with Crippen molar-refractivity contribution in [1.29, 1.82) is 0 Å². The van der Waals surface area contributed by atoms with Gasteiger partial charge in [0, 0.05) is 11.3 Å². The van der Waals surface area contributed by atoms with Gasteiger partial charge in [0.2, 0.25) is 5.91 Å². The summed E-state index contributed by atoms with van der Waals surface area (Å²) in [6.45, 7) is 0. The van der Waals surface area contributed by atoms with Gasteiger partial charge in [-0.3, -0.25) is 4.79 Å². The van der Waals surface area contributed by atoms with Gasteiger partial charge in [0.15, 0.2) is 0 Å². The molecule has 21 heavy (non-hydrogen) atoms. The van der Waals surface area contributed by atoms with Crippen LogP contribution >= 0.6 is 11.3 Å². The third-order valence-corrected chi connectivity index (χ3v) is 3.83. The van der Waals surface area contributed by atoms with E-state index in [1.807, 2.05) is 17.5 Å². The topological polar surface area (TPSA) is 66.4 Å². The maximum absolute atomic E-state index is 13.6. The molecule has 1 heterocycles. The lowest BCUT2D eigenvalue weighted by molar-refractivity contribution is -0.116. The molecule has 4 nitrogen and oxygen atoms in total. The van der Waals surface area contributed by atoms with Crippen molar-refractivity contribution < 1.29 is 19.1 Å². The maximum atomic E-state index is 13.6. The number of thiophene rings is 1. The number of carboxylic acid groups (broad SMARTS) is 1. The Balaban J connectivity index is 1.86. The fraction of sp³-hybridized carbons (Fsp3) is 0.200. The number of carbonyl (C=O) groups excluding carboxylic acids is 1. The monoisotopic (exact) mass is 307 g/mol. The molecular formula is C15H14FNO3S. The van der Waals surface area contributed by atoms with Crippen LogP contribution in [-0.2, 0) is 11.2 Å². The smallest absolute Gasteiger partial charge is 0.335 e. The molecule has 0 unspecified atom stereocenters. The number of aromatic carboxylic acids is 1. The van der Waals surface area contributed by atoms with Crippen LogP contribution < -0.4 is 5.32 Å². The van der Waals surface area contributed by atoms with Crippen molar-refractivity contribution in [2.75, 3.05) is 5.32 Å². The van der Waals surface area contributed by atoms with Crippen molar-refractivity contribution in [2.45, 2.75) is 19.3 Å². The number of hydrogen-bond donors (Lipinski definition) is 2. The van der Waals surface area contributed by atoms with Gasteiger partial charge in [-0.1, -0.05) is 6.07 Å². The quantitative estimate of drug-likeness (QED) is 0.857. The molecule has 2 aromatic rings. The predicted octanol–water partition coefficient (Wildman–Crippen LogP) is 3.55. The molecule has 110 valence electrons. The van der Waals surface area contributed by atoms with Gasteiger partial charge in [0.25, 0.3) is 0 Å². The van der Waals surface area contributed by atoms with E-state index in [1.54, 1.807) is 11.3 Å². The van der Waals surface area contributed by atoms with Crippen molar-refractivity contribution in [3.8, 4) is 0 Å². The maximum Gasteiger partial charge on any atom is 0.335 e. The fourth-order valence-corrected chi connectivity index (χ4v) is 2.59. The highest BCUT2D eigenvalue weighted by atomic mass is 32.1. The van der Waals surface area contributed by atoms with E-state index in [0.717, 1.165) is 12.5 Å². The number of nitrogens with one attached hydrogen (secondary N) is 1. The third-order valence-electron chi connectivity index (χ3n) is 2.90. The number of aryl methyl sites for hydroxylation is 1. The van der Waals surface area contributed by atoms with Gasteiger partial charge in [-0.05, 0) is 42.5 Å². The summed E-state index contributed by atoms with van der Waals surface area (Å²) in [6.07, 6.45) is 1.78. The van der Waals surface area contributed by atoms with E-state index < -0.39 is 11.8 Å². The highest BCUT2D eigenvalue weighted by molar-refractivity contribution is 7.09. The fourth-order valence-electron chi connectivity index (χ4n) is 1.84. The minimum Gasteiger partial charge on any atom is -0.478 e. The van der Waals surface area contributed by atoms with E-state index >= 15 is 0 Å². The number of rotatable bonds is 6. The second kappa shape index (κ2) is 6.99. The summed E-state index contributed by atoms with van der Waals surface area (Å²) < 4.78 is 13.6. The van der Waals surface area contributed by atoms with E-state index in [1.165, 1.54) is 17.0 Å². The van der Waals surface area contributed by atoms with Crippen molar-refractivity contribution in [3.63, 3.8) is 0 Å². The number of carboxylic acids is 1. The number of hydrogen-bond acceptors (Lipinski definition) is 3. The third kappa shape index (κ3) is 4.39. The number of carbonyl (C=O) groups is 2. The molecule has 0 spiro atoms. The standard InChI is InChI=1S/C15H14FNO3S/c16-12-9-10(15(19)20)6-7-13(12)17-14(18)5-1-3-11-4-2-8-21-11/h2,4,6-9H,1,3,5H2,(H,17,18)(H,19,20). The summed E-state index contributed by atoms with van der Waals surface area (Å²) in [5.41, 5.74) is -0.149. The summed E-state index contributed by atoms with van der Waals surface area (Å²) in [6, 6.07) is 7.37. The number of halogens is 1. The molecule has 0 fully saturated rings. The molecule has 1 aromatic carbocycles. The molecule has 2 rings (SSSR count). The molecule has 2 N–H and O–H groups in total. The zero-order valence-electron chi connectivity index (χ0n) is 11.1. The molecule has 0 saturated carbocycles. The first-order valence-corrected chi connectivity index (χ1v) is 7.29. The Morgan fingerprint density at radius 1 is 1.29 bits per heavy atom. The highest BCUT2D eigenvalue weighted by Crippen LogP contribution is 2.17. The number of benzene rings is 1. The molecule has 1 amide bonds. The number of amides is 1. The number of anilines is 1. The molecule has 0 atom stereocenters. The van der Waals surface area contributed by atoms with Crippen molar-refractivity contribution in [2.24, 2.45) is 0 Å². The van der Waals surface area contributed by atoms with Gasteiger partial charge >= 0.3 is 5.97 Å². The Morgan fingerprint density at radius 2 is 2.10 bits per heavy atom. The lowest BCUT2D eigenvalue weighted by Gasteiger charge is -2.07. The average molecular weight is 307 g/mol. The van der Waals surface area contributed by atoms with Gasteiger partial charge in [0.05, 0.1) is 11.3 Å². The normalized spacial score (nSPS) is 10.3. The molecule has 0 aliphatic carbocycles. The van der Waals surface area contributed by atoms with Gasteiger partial charge in [0.1, 0.15) is 5.82 Å². The van der Waals surface area contributed by atoms with E-state index in [4.69, 9.17) is 5.11 Å². The van der Waals surface area contributed by atoms with Crippen LogP contribution in [0.4, 0.5) is 10.1 Å². The second-order valence-corrected chi connectivity index (χ2v) is 5.51. The van der Waals surface area contributed by atoms with E-state index in [2.05, 4.69) is 5.32 Å². The first-order valence-electron chi connectivity index (χ1n) is 6.41. The molecule has 0 radical (unpaired) electrons. The zero-order valence-corrected chi connectivity index (χ0v) is 12.0. The van der Waals surface area contributed by atoms with Gasteiger partial charge < -0.3 is 10.4 Å². The summed E-state index contributed by atoms with van der Waals surface area (Å²) in [5.74, 6) is -2.24. The van der Waals surface area contributed by atoms with Crippen LogP contribution in [0.2, 0.25) is 0 Å². The van der Waals surface area contributed by atoms with Crippen LogP contribution in [0.15, 0.2) is 35.7 Å². The Bertz CT molecular complexity index is 640. The van der Waals surface area contributed by atoms with Crippen LogP contribution in [0.1, 0.15) is 28.1 Å². The van der Waals surface area contributed by atoms with E-state index in [9.17, 15) is 14.0 Å². The SMILES string of the molecule is O=C(CCCc1cccs1)Nc1ccc(C(=O)O)cc1F. The molecule has 0 saturated heterocycles. The van der Waals surface area contributed by atoms with Crippen molar-refractivity contribution in [3.05, 3.63) is 52.0 Å². The Morgan fingerprint density at radius 3 is 2.71 bits per heavy atom. The Kier molecular flexibility index (Phi) is 5.05. The molecule has 0 bridgehead atoms. The van der Waals surface area contributed by atoms with Gasteiger partial charge in [-0.25, -0.2) is 9.18 Å². The minimum absolute atomic E-state index is 0.00104. The summed E-state index contributed by atoms with van der Waals surface area (Å²) >= 11 is 1.64. The summed E-state index contributed by atoms with van der Waals surface area (Å²) in [5, 5.41) is 13.2. The second-order valence-electron chi connectivity index (χ2n) is 4.48. The predicted molar refractivity (Wildman–Crippen MR) is 79.2 cm³/mol. The van der Waals surface area contributed by atoms with Crippen molar-refractivity contribution >= 4 is 28.9 Å². The van der Waals surface area contributed by atoms with Crippen LogP contribution in [0.3, 0.4) is 0 Å². The van der Waals surface area contributed by atoms with Gasteiger partial charge in [-0.15, -0.1) is 11.3 Å². The highest BCUT2D eigenvalue weighted by Gasteiger charge is 2.10. The Hall–Kier alpha value is -2.21. The molecule has 1 aromatic heterocycles. The van der Waals surface area contributed by atoms with Crippen LogP contribution in [0.5, 0.6) is 0 Å². The first-order chi connectivity index (χ1) is 10.1. The molecule has 0 aliphatic heterocycles. The minimum atomic E-state index is -1.21. The molecular weight excluding hydrogens is 293 g/mol.